The summed E-state index contributed by atoms with van der Waals surface area (Å²) in [5, 5.41) is 0. The minimum atomic E-state index is -0.201. The molecule has 4 rings (SSSR count). The largest absolute Gasteiger partial charge is 0.469 e. The molecule has 4 aliphatic carbocycles. The molecule has 0 N–H and O–H groups in total. The minimum absolute atomic E-state index is 0.00332. The molecule has 0 spiro atoms. The normalized spacial score (nSPS) is 42.7. The number of esters is 3. The SMILES string of the molecule is COC(=O)CC[C@H](C)[C@H]1CCC2C3C=C[C@@H]4C[C@H](OC(C)=O)CC[C@]4(C)C3C[C@H](OC(C)=O)[C@@]21C. The van der Waals surface area contributed by atoms with Gasteiger partial charge in [0, 0.05) is 25.7 Å². The molecule has 0 aromatic carbocycles. The van der Waals surface area contributed by atoms with Crippen molar-refractivity contribution in [1.82, 2.24) is 0 Å². The molecule has 0 aromatic heterocycles. The average Bonchev–Trinajstić information content (AvgIpc) is 3.16. The van der Waals surface area contributed by atoms with Gasteiger partial charge in [0.05, 0.1) is 7.11 Å². The number of carbonyl (C=O) groups excluding carboxylic acids is 3. The van der Waals surface area contributed by atoms with Gasteiger partial charge in [0.15, 0.2) is 0 Å². The Morgan fingerprint density at radius 2 is 1.69 bits per heavy atom. The summed E-state index contributed by atoms with van der Waals surface area (Å²) >= 11 is 0. The second kappa shape index (κ2) is 9.89. The Labute approximate surface area is 210 Å². The monoisotopic (exact) mass is 488 g/mol. The van der Waals surface area contributed by atoms with Crippen molar-refractivity contribution in [3.63, 3.8) is 0 Å². The molecule has 0 saturated heterocycles. The van der Waals surface area contributed by atoms with Crippen molar-refractivity contribution in [3.05, 3.63) is 12.2 Å². The van der Waals surface area contributed by atoms with Crippen molar-refractivity contribution in [3.8, 4) is 0 Å². The molecule has 3 unspecified atom stereocenters. The molecule has 0 bridgehead atoms. The van der Waals surface area contributed by atoms with Gasteiger partial charge >= 0.3 is 17.9 Å². The van der Waals surface area contributed by atoms with Gasteiger partial charge in [0.2, 0.25) is 0 Å². The van der Waals surface area contributed by atoms with Crippen LogP contribution in [0.3, 0.4) is 0 Å². The van der Waals surface area contributed by atoms with Crippen LogP contribution in [0.5, 0.6) is 0 Å². The third-order valence-electron chi connectivity index (χ3n) is 10.6. The highest BCUT2D eigenvalue weighted by Gasteiger charge is 2.64. The Kier molecular flexibility index (Phi) is 7.41. The van der Waals surface area contributed by atoms with Gasteiger partial charge in [-0.25, -0.2) is 0 Å². The van der Waals surface area contributed by atoms with Gasteiger partial charge in [-0.1, -0.05) is 32.9 Å². The van der Waals surface area contributed by atoms with Crippen LogP contribution in [0.15, 0.2) is 12.2 Å². The Hall–Kier alpha value is -1.85. The van der Waals surface area contributed by atoms with Crippen LogP contribution in [-0.2, 0) is 28.6 Å². The van der Waals surface area contributed by atoms with E-state index in [2.05, 4.69) is 32.9 Å². The maximum absolute atomic E-state index is 12.3. The lowest BCUT2D eigenvalue weighted by molar-refractivity contribution is -0.183. The number of allylic oxidation sites excluding steroid dienone is 2. The van der Waals surface area contributed by atoms with E-state index in [1.807, 2.05) is 0 Å². The predicted molar refractivity (Wildman–Crippen MR) is 132 cm³/mol. The number of carbonyl (C=O) groups is 3. The summed E-state index contributed by atoms with van der Waals surface area (Å²) in [4.78, 5) is 35.7. The number of rotatable bonds is 6. The second-order valence-corrected chi connectivity index (χ2v) is 12.3. The highest BCUT2D eigenvalue weighted by Crippen LogP contribution is 2.67. The van der Waals surface area contributed by atoms with Crippen LogP contribution in [0.2, 0.25) is 0 Å². The first-order chi connectivity index (χ1) is 16.5. The lowest BCUT2D eigenvalue weighted by Gasteiger charge is -2.61. The maximum Gasteiger partial charge on any atom is 0.305 e. The first-order valence-electron chi connectivity index (χ1n) is 13.6. The van der Waals surface area contributed by atoms with Crippen molar-refractivity contribution >= 4 is 17.9 Å². The standard InChI is InChI=1S/C29H44O6/c1-17(7-12-27(32)33-6)23-10-11-24-22-9-8-20-15-21(34-18(2)30)13-14-28(20,4)25(22)16-26(29(23,24)5)35-19(3)31/h8-9,17,20-26H,7,10-16H2,1-6H3/t17-,20+,21+,22?,23+,24?,25?,26-,28-,29+/m0/s1. The van der Waals surface area contributed by atoms with E-state index in [-0.39, 0.29) is 40.9 Å². The summed E-state index contributed by atoms with van der Waals surface area (Å²) in [5.41, 5.74) is 0.00916. The van der Waals surface area contributed by atoms with Crippen molar-refractivity contribution < 1.29 is 28.6 Å². The van der Waals surface area contributed by atoms with Gasteiger partial charge in [-0.05, 0) is 85.9 Å². The van der Waals surface area contributed by atoms with Crippen molar-refractivity contribution in [1.29, 1.82) is 0 Å². The topological polar surface area (TPSA) is 78.9 Å². The summed E-state index contributed by atoms with van der Waals surface area (Å²) in [7, 11) is 1.45. The van der Waals surface area contributed by atoms with E-state index in [0.717, 1.165) is 44.9 Å². The molecule has 196 valence electrons. The fraction of sp³-hybridized carbons (Fsp3) is 0.828. The zero-order chi connectivity index (χ0) is 25.5. The average molecular weight is 489 g/mol. The lowest BCUT2D eigenvalue weighted by Crippen LogP contribution is -2.58. The second-order valence-electron chi connectivity index (χ2n) is 12.3. The van der Waals surface area contributed by atoms with Crippen LogP contribution in [0.1, 0.15) is 86.0 Å². The van der Waals surface area contributed by atoms with Crippen LogP contribution in [-0.4, -0.2) is 37.2 Å². The number of fused-ring (bicyclic) bond motifs is 5. The summed E-state index contributed by atoms with van der Waals surface area (Å²) < 4.78 is 16.6. The number of methoxy groups -OCH3 is 1. The van der Waals surface area contributed by atoms with Crippen LogP contribution >= 0.6 is 0 Å². The number of hydrogen-bond donors (Lipinski definition) is 0. The molecule has 0 aromatic rings. The molecule has 3 saturated carbocycles. The van der Waals surface area contributed by atoms with Gasteiger partial charge in [0.1, 0.15) is 12.2 Å². The summed E-state index contributed by atoms with van der Waals surface area (Å²) in [5.74, 6) is 1.95. The van der Waals surface area contributed by atoms with E-state index in [1.54, 1.807) is 0 Å². The smallest absolute Gasteiger partial charge is 0.305 e. The van der Waals surface area contributed by atoms with E-state index in [4.69, 9.17) is 14.2 Å². The molecule has 6 nitrogen and oxygen atoms in total. The molecule has 0 amide bonds. The van der Waals surface area contributed by atoms with Gasteiger partial charge in [-0.15, -0.1) is 0 Å². The zero-order valence-electron chi connectivity index (χ0n) is 22.4. The van der Waals surface area contributed by atoms with E-state index in [1.165, 1.54) is 21.0 Å². The third kappa shape index (κ3) is 4.67. The van der Waals surface area contributed by atoms with Crippen molar-refractivity contribution in [2.24, 2.45) is 46.3 Å². The van der Waals surface area contributed by atoms with E-state index in [0.29, 0.717) is 41.9 Å². The fourth-order valence-electron chi connectivity index (χ4n) is 8.85. The molecular weight excluding hydrogens is 444 g/mol. The van der Waals surface area contributed by atoms with Gasteiger partial charge in [0.25, 0.3) is 0 Å². The van der Waals surface area contributed by atoms with E-state index < -0.39 is 0 Å². The first-order valence-corrected chi connectivity index (χ1v) is 13.6. The van der Waals surface area contributed by atoms with Crippen LogP contribution in [0.4, 0.5) is 0 Å². The Balaban J connectivity index is 1.61. The molecule has 6 heteroatoms. The molecule has 0 radical (unpaired) electrons. The van der Waals surface area contributed by atoms with Crippen LogP contribution < -0.4 is 0 Å². The van der Waals surface area contributed by atoms with Crippen LogP contribution in [0.25, 0.3) is 0 Å². The third-order valence-corrected chi connectivity index (χ3v) is 10.6. The Morgan fingerprint density at radius 1 is 0.971 bits per heavy atom. The highest BCUT2D eigenvalue weighted by molar-refractivity contribution is 5.69. The summed E-state index contributed by atoms with van der Waals surface area (Å²) in [6, 6.07) is 0. The zero-order valence-corrected chi connectivity index (χ0v) is 22.4. The van der Waals surface area contributed by atoms with Gasteiger partial charge in [-0.2, -0.15) is 0 Å². The molecule has 0 heterocycles. The summed E-state index contributed by atoms with van der Waals surface area (Å²) in [6.45, 7) is 10.1. The molecule has 0 aliphatic heterocycles. The first kappa shape index (κ1) is 26.2. The van der Waals surface area contributed by atoms with E-state index in [9.17, 15) is 14.4 Å². The molecule has 35 heavy (non-hydrogen) atoms. The molecule has 10 atom stereocenters. The van der Waals surface area contributed by atoms with Crippen molar-refractivity contribution in [2.75, 3.05) is 7.11 Å². The quantitative estimate of drug-likeness (QED) is 0.280. The molecule has 3 fully saturated rings. The summed E-state index contributed by atoms with van der Waals surface area (Å²) in [6.07, 6.45) is 11.9. The maximum atomic E-state index is 12.3. The van der Waals surface area contributed by atoms with Gasteiger partial charge in [-0.3, -0.25) is 14.4 Å². The lowest BCUT2D eigenvalue weighted by atomic mass is 9.45. The fourth-order valence-corrected chi connectivity index (χ4v) is 8.85. The Morgan fingerprint density at radius 3 is 2.34 bits per heavy atom. The highest BCUT2D eigenvalue weighted by atomic mass is 16.5. The number of hydrogen-bond acceptors (Lipinski definition) is 6. The van der Waals surface area contributed by atoms with E-state index >= 15 is 0 Å². The predicted octanol–water partition coefficient (Wildman–Crippen LogP) is 5.48. The minimum Gasteiger partial charge on any atom is -0.469 e. The Bertz CT molecular complexity index is 865. The molecule has 4 aliphatic rings. The molecular formula is C29H44O6. The number of ether oxygens (including phenoxy) is 3. The van der Waals surface area contributed by atoms with Gasteiger partial charge < -0.3 is 14.2 Å². The van der Waals surface area contributed by atoms with Crippen LogP contribution in [0, 0.1) is 46.3 Å². The van der Waals surface area contributed by atoms with Crippen molar-refractivity contribution in [2.45, 2.75) is 98.2 Å².